The zero-order valence-corrected chi connectivity index (χ0v) is 25.7. The number of methoxy groups -OCH3 is 1. The largest absolute Gasteiger partial charge is 0.455 e. The van der Waals surface area contributed by atoms with Crippen LogP contribution in [0.1, 0.15) is 64.7 Å². The lowest BCUT2D eigenvalue weighted by Gasteiger charge is -2.68. The summed E-state index contributed by atoms with van der Waals surface area (Å²) in [5, 5.41) is 35.4. The van der Waals surface area contributed by atoms with E-state index < -0.39 is 76.6 Å². The topological polar surface area (TPSA) is 158 Å². The van der Waals surface area contributed by atoms with Crippen molar-refractivity contribution in [3.63, 3.8) is 0 Å². The maximum Gasteiger partial charge on any atom is 0.338 e. The molecule has 1 aromatic rings. The first-order valence-corrected chi connectivity index (χ1v) is 14.7. The van der Waals surface area contributed by atoms with E-state index in [0.29, 0.717) is 5.57 Å². The minimum atomic E-state index is -1.87. The van der Waals surface area contributed by atoms with Gasteiger partial charge in [-0.15, -0.1) is 0 Å². The van der Waals surface area contributed by atoms with Gasteiger partial charge in [0.15, 0.2) is 11.9 Å². The first-order chi connectivity index (χ1) is 20.1. The number of fused-ring (bicyclic) bond motifs is 5. The number of aliphatic hydroxyl groups is 3. The molecule has 1 heterocycles. The van der Waals surface area contributed by atoms with Crippen LogP contribution >= 0.6 is 0 Å². The Bertz CT molecular complexity index is 1320. The van der Waals surface area contributed by atoms with Crippen LogP contribution in [-0.4, -0.2) is 88.9 Å². The van der Waals surface area contributed by atoms with E-state index >= 15 is 0 Å². The zero-order valence-electron chi connectivity index (χ0n) is 25.7. The van der Waals surface area contributed by atoms with Gasteiger partial charge in [-0.3, -0.25) is 9.59 Å². The van der Waals surface area contributed by atoms with Gasteiger partial charge in [0.25, 0.3) is 6.48 Å². The van der Waals surface area contributed by atoms with E-state index in [4.69, 9.17) is 23.7 Å². The molecule has 11 nitrogen and oxygen atoms in total. The van der Waals surface area contributed by atoms with E-state index in [-0.39, 0.29) is 30.9 Å². The van der Waals surface area contributed by atoms with Gasteiger partial charge in [-0.05, 0) is 43.9 Å². The smallest absolute Gasteiger partial charge is 0.338 e. The summed E-state index contributed by atoms with van der Waals surface area (Å²) < 4.78 is 29.1. The number of carbonyl (C=O) groups excluding carboxylic acids is 3. The molecule has 1 saturated heterocycles. The number of allylic oxidation sites excluding steroid dienone is 1. The van der Waals surface area contributed by atoms with E-state index in [1.165, 1.54) is 21.0 Å². The average molecular weight is 603 g/mol. The van der Waals surface area contributed by atoms with Crippen LogP contribution in [0.2, 0.25) is 0 Å². The van der Waals surface area contributed by atoms with E-state index in [0.717, 1.165) is 5.57 Å². The molecule has 0 amide bonds. The Morgan fingerprint density at radius 3 is 2.33 bits per heavy atom. The maximum atomic E-state index is 14.9. The summed E-state index contributed by atoms with van der Waals surface area (Å²) in [4.78, 5) is 41.2. The highest BCUT2D eigenvalue weighted by Crippen LogP contribution is 2.64. The zero-order chi connectivity index (χ0) is 31.7. The third kappa shape index (κ3) is 4.50. The molecule has 2 saturated carbocycles. The highest BCUT2D eigenvalue weighted by atomic mass is 16.8. The van der Waals surface area contributed by atoms with Gasteiger partial charge in [0.2, 0.25) is 0 Å². The Kier molecular flexibility index (Phi) is 7.93. The van der Waals surface area contributed by atoms with Gasteiger partial charge in [-0.2, -0.15) is 0 Å². The molecular weight excluding hydrogens is 560 g/mol. The second-order valence-electron chi connectivity index (χ2n) is 13.2. The Labute approximate surface area is 251 Å². The summed E-state index contributed by atoms with van der Waals surface area (Å²) in [6.07, 6.45) is -5.09. The normalized spacial score (nSPS) is 40.7. The molecule has 5 unspecified atom stereocenters. The monoisotopic (exact) mass is 602 g/mol. The minimum Gasteiger partial charge on any atom is -0.455 e. The summed E-state index contributed by atoms with van der Waals surface area (Å²) in [7, 11) is 1.24. The minimum absolute atomic E-state index is 0.0719. The predicted octanol–water partition coefficient (Wildman–Crippen LogP) is 2.30. The van der Waals surface area contributed by atoms with Crippen LogP contribution in [0.3, 0.4) is 0 Å². The lowest BCUT2D eigenvalue weighted by Crippen LogP contribution is -2.82. The molecule has 5 rings (SSSR count). The molecule has 3 fully saturated rings. The molecule has 1 aliphatic heterocycles. The highest BCUT2D eigenvalue weighted by molar-refractivity contribution is 5.95. The SMILES string of the molecule is COC(O)O[C@@]12CO[C@@H]1CC(O)[C@@]1(C)C(=O)[C@H](OC(C)=O)C3=C(C)C(C)CC(O)([C@@H](OC(=O)c4ccccc4)C12)C3(C)C. The molecule has 3 aliphatic carbocycles. The Hall–Kier alpha value is -2.67. The number of hydrogen-bond acceptors (Lipinski definition) is 11. The van der Waals surface area contributed by atoms with E-state index in [1.807, 2.05) is 13.8 Å². The van der Waals surface area contributed by atoms with Crippen molar-refractivity contribution < 1.29 is 53.4 Å². The van der Waals surface area contributed by atoms with Crippen molar-refractivity contribution in [2.45, 2.75) is 96.5 Å². The lowest BCUT2D eigenvalue weighted by atomic mass is 9.44. The molecular formula is C32H42O11. The molecule has 2 bridgehead atoms. The third-order valence-corrected chi connectivity index (χ3v) is 10.7. The van der Waals surface area contributed by atoms with Gasteiger partial charge in [0.05, 0.1) is 29.8 Å². The highest BCUT2D eigenvalue weighted by Gasteiger charge is 2.77. The second-order valence-corrected chi connectivity index (χ2v) is 13.2. The molecule has 10 atom stereocenters. The van der Waals surface area contributed by atoms with Gasteiger partial charge < -0.3 is 39.0 Å². The molecule has 0 aromatic heterocycles. The fraction of sp³-hybridized carbons (Fsp3) is 0.656. The van der Waals surface area contributed by atoms with Gasteiger partial charge in [0.1, 0.15) is 17.3 Å². The van der Waals surface area contributed by atoms with Crippen molar-refractivity contribution >= 4 is 17.7 Å². The first kappa shape index (κ1) is 31.7. The molecule has 1 aromatic carbocycles. The summed E-state index contributed by atoms with van der Waals surface area (Å²) in [6.45, 7) is 8.00. The second kappa shape index (κ2) is 10.7. The van der Waals surface area contributed by atoms with Crippen molar-refractivity contribution in [3.05, 3.63) is 47.0 Å². The lowest BCUT2D eigenvalue weighted by molar-refractivity contribution is -0.414. The fourth-order valence-corrected chi connectivity index (χ4v) is 8.16. The predicted molar refractivity (Wildman–Crippen MR) is 150 cm³/mol. The molecule has 236 valence electrons. The van der Waals surface area contributed by atoms with Crippen LogP contribution in [0.15, 0.2) is 41.5 Å². The molecule has 3 N–H and O–H groups in total. The van der Waals surface area contributed by atoms with Crippen molar-refractivity contribution in [1.82, 2.24) is 0 Å². The van der Waals surface area contributed by atoms with Crippen LogP contribution in [-0.2, 0) is 33.3 Å². The number of ether oxygens (including phenoxy) is 5. The molecule has 11 heteroatoms. The van der Waals surface area contributed by atoms with Crippen molar-refractivity contribution in [1.29, 1.82) is 0 Å². The van der Waals surface area contributed by atoms with Gasteiger partial charge in [-0.1, -0.05) is 44.5 Å². The summed E-state index contributed by atoms with van der Waals surface area (Å²) >= 11 is 0. The summed E-state index contributed by atoms with van der Waals surface area (Å²) in [6, 6.07) is 8.26. The van der Waals surface area contributed by atoms with Crippen LogP contribution in [0.4, 0.5) is 0 Å². The number of esters is 2. The van der Waals surface area contributed by atoms with Crippen LogP contribution in [0.25, 0.3) is 0 Å². The molecule has 4 aliphatic rings. The van der Waals surface area contributed by atoms with Crippen molar-refractivity contribution in [3.8, 4) is 0 Å². The Balaban J connectivity index is 1.83. The fourth-order valence-electron chi connectivity index (χ4n) is 8.16. The van der Waals surface area contributed by atoms with Crippen LogP contribution < -0.4 is 0 Å². The van der Waals surface area contributed by atoms with Gasteiger partial charge >= 0.3 is 11.9 Å². The number of Topliss-reactive ketones (excluding diaryl/α,β-unsaturated/α-hetero) is 1. The number of benzene rings is 1. The number of aliphatic hydroxyl groups excluding tert-OH is 2. The average Bonchev–Trinajstić information content (AvgIpc) is 2.95. The van der Waals surface area contributed by atoms with Gasteiger partial charge in [-0.25, -0.2) is 4.79 Å². The van der Waals surface area contributed by atoms with Crippen molar-refractivity contribution in [2.24, 2.45) is 22.7 Å². The maximum absolute atomic E-state index is 14.9. The van der Waals surface area contributed by atoms with Crippen LogP contribution in [0.5, 0.6) is 0 Å². The molecule has 0 spiro atoms. The number of rotatable bonds is 6. The number of carbonyl (C=O) groups is 3. The third-order valence-electron chi connectivity index (χ3n) is 10.7. The van der Waals surface area contributed by atoms with E-state index in [2.05, 4.69) is 0 Å². The molecule has 0 radical (unpaired) electrons. The standard InChI is InChI=1S/C32H42O11/c1-16-14-32(38)26(42-27(36)19-11-9-8-10-12-19)24-30(6,20(34)13-21-31(24,15-40-21)43-28(37)39-7)25(35)23(41-18(3)33)22(17(16)2)29(32,4)5/h8-12,16,20-21,23-24,26,28,34,37-38H,13-15H2,1-7H3/t16?,20?,21-,23-,24?,26+,28?,30-,31+,32?/m1/s1. The molecule has 43 heavy (non-hydrogen) atoms. The van der Waals surface area contributed by atoms with Crippen LogP contribution in [0, 0.1) is 22.7 Å². The summed E-state index contributed by atoms with van der Waals surface area (Å²) in [5.41, 5.74) is -5.12. The quantitative estimate of drug-likeness (QED) is 0.249. The number of ketones is 1. The Morgan fingerprint density at radius 2 is 1.77 bits per heavy atom. The van der Waals surface area contributed by atoms with E-state index in [1.54, 1.807) is 44.2 Å². The number of hydrogen-bond donors (Lipinski definition) is 3. The van der Waals surface area contributed by atoms with E-state index in [9.17, 15) is 29.7 Å². The summed E-state index contributed by atoms with van der Waals surface area (Å²) in [5.74, 6) is -3.67. The Morgan fingerprint density at radius 1 is 1.12 bits per heavy atom. The van der Waals surface area contributed by atoms with Gasteiger partial charge in [0, 0.05) is 31.8 Å². The van der Waals surface area contributed by atoms with Crippen molar-refractivity contribution in [2.75, 3.05) is 13.7 Å². The first-order valence-electron chi connectivity index (χ1n) is 14.7.